The molecule has 0 spiro atoms. The monoisotopic (exact) mass is 392 g/mol. The maximum atomic E-state index is 11.8. The summed E-state index contributed by atoms with van der Waals surface area (Å²) in [6, 6.07) is 11.3. The maximum absolute atomic E-state index is 11.8. The largest absolute Gasteiger partial charge is 0.465 e. The lowest BCUT2D eigenvalue weighted by Gasteiger charge is -2.44. The van der Waals surface area contributed by atoms with Gasteiger partial charge in [-0.15, -0.1) is 0 Å². The number of aryl methyl sites for hydroxylation is 1. The predicted octanol–water partition coefficient (Wildman–Crippen LogP) is 4.99. The summed E-state index contributed by atoms with van der Waals surface area (Å²) in [5.41, 5.74) is 4.98. The van der Waals surface area contributed by atoms with E-state index in [-0.39, 0.29) is 22.6 Å². The van der Waals surface area contributed by atoms with Crippen LogP contribution in [0, 0.1) is 34.8 Å². The third kappa shape index (κ3) is 2.73. The summed E-state index contributed by atoms with van der Waals surface area (Å²) in [6.45, 7) is 1.95. The first kappa shape index (κ1) is 18.2. The number of anilines is 1. The van der Waals surface area contributed by atoms with E-state index in [1.807, 2.05) is 31.2 Å². The van der Waals surface area contributed by atoms with E-state index in [1.54, 1.807) is 12.1 Å². The Kier molecular flexibility index (Phi) is 4.12. The third-order valence-electron chi connectivity index (χ3n) is 7.28. The average Bonchev–Trinajstić information content (AvgIpc) is 3.35. The number of nitro benzene ring substituents is 1. The summed E-state index contributed by atoms with van der Waals surface area (Å²) < 4.78 is 4.81. The molecule has 2 fully saturated rings. The van der Waals surface area contributed by atoms with Gasteiger partial charge in [-0.2, -0.15) is 0 Å². The van der Waals surface area contributed by atoms with Gasteiger partial charge in [0.1, 0.15) is 0 Å². The summed E-state index contributed by atoms with van der Waals surface area (Å²) in [7, 11) is 1.39. The van der Waals surface area contributed by atoms with Gasteiger partial charge in [0.2, 0.25) is 0 Å². The molecule has 0 saturated heterocycles. The van der Waals surface area contributed by atoms with Crippen LogP contribution in [0.3, 0.4) is 0 Å². The SMILES string of the molecule is COC(=O)c1ccc([C@@H]2Nc3c(C)cc([N+](=O)[O-])cc3[C@@H]3[C@H]4CC[C@@H](C4)[C@H]32)cc1. The first-order valence-electron chi connectivity index (χ1n) is 10.2. The van der Waals surface area contributed by atoms with Gasteiger partial charge in [-0.3, -0.25) is 10.1 Å². The lowest BCUT2D eigenvalue weighted by molar-refractivity contribution is -0.385. The summed E-state index contributed by atoms with van der Waals surface area (Å²) in [4.78, 5) is 22.9. The van der Waals surface area contributed by atoms with Gasteiger partial charge in [-0.1, -0.05) is 12.1 Å². The fourth-order valence-corrected chi connectivity index (χ4v) is 6.14. The normalized spacial score (nSPS) is 29.0. The number of hydrogen-bond acceptors (Lipinski definition) is 5. The molecular weight excluding hydrogens is 368 g/mol. The van der Waals surface area contributed by atoms with Crippen LogP contribution in [0.25, 0.3) is 0 Å². The topological polar surface area (TPSA) is 81.5 Å². The minimum absolute atomic E-state index is 0.148. The maximum Gasteiger partial charge on any atom is 0.337 e. The van der Waals surface area contributed by atoms with Crippen LogP contribution in [0.15, 0.2) is 36.4 Å². The Hall–Kier alpha value is -2.89. The zero-order valence-electron chi connectivity index (χ0n) is 16.6. The highest BCUT2D eigenvalue weighted by Crippen LogP contribution is 2.64. The van der Waals surface area contributed by atoms with Crippen molar-refractivity contribution in [1.82, 2.24) is 0 Å². The number of esters is 1. The van der Waals surface area contributed by atoms with Gasteiger partial charge < -0.3 is 10.1 Å². The Labute approximate surface area is 169 Å². The molecule has 1 N–H and O–H groups in total. The van der Waals surface area contributed by atoms with Gasteiger partial charge in [0, 0.05) is 17.8 Å². The number of nitro groups is 1. The Morgan fingerprint density at radius 2 is 1.90 bits per heavy atom. The molecule has 0 amide bonds. The third-order valence-corrected chi connectivity index (χ3v) is 7.28. The Morgan fingerprint density at radius 3 is 2.59 bits per heavy atom. The number of carbonyl (C=O) groups is 1. The van der Waals surface area contributed by atoms with Crippen molar-refractivity contribution < 1.29 is 14.5 Å². The highest BCUT2D eigenvalue weighted by Gasteiger charge is 2.54. The summed E-state index contributed by atoms with van der Waals surface area (Å²) >= 11 is 0. The van der Waals surface area contributed by atoms with Crippen LogP contribution in [-0.4, -0.2) is 18.0 Å². The minimum Gasteiger partial charge on any atom is -0.465 e. The second-order valence-electron chi connectivity index (χ2n) is 8.66. The van der Waals surface area contributed by atoms with Crippen LogP contribution in [0.2, 0.25) is 0 Å². The van der Waals surface area contributed by atoms with Crippen molar-refractivity contribution in [2.45, 2.75) is 38.1 Å². The van der Waals surface area contributed by atoms with Gasteiger partial charge in [-0.25, -0.2) is 4.79 Å². The molecule has 2 bridgehead atoms. The van der Waals surface area contributed by atoms with Gasteiger partial charge in [0.05, 0.1) is 23.6 Å². The van der Waals surface area contributed by atoms with Crippen molar-refractivity contribution in [3.05, 3.63) is 68.8 Å². The van der Waals surface area contributed by atoms with Crippen molar-refractivity contribution in [2.24, 2.45) is 17.8 Å². The Bertz CT molecular complexity index is 1000. The van der Waals surface area contributed by atoms with Gasteiger partial charge in [0.25, 0.3) is 5.69 Å². The van der Waals surface area contributed by atoms with Gasteiger partial charge in [0.15, 0.2) is 0 Å². The molecule has 6 heteroatoms. The molecule has 0 aromatic heterocycles. The van der Waals surface area contributed by atoms with Crippen molar-refractivity contribution in [3.8, 4) is 0 Å². The van der Waals surface area contributed by atoms with Crippen LogP contribution in [-0.2, 0) is 4.74 Å². The van der Waals surface area contributed by atoms with Crippen LogP contribution in [0.5, 0.6) is 0 Å². The van der Waals surface area contributed by atoms with Gasteiger partial charge >= 0.3 is 5.97 Å². The quantitative estimate of drug-likeness (QED) is 0.452. The molecule has 5 atom stereocenters. The molecule has 29 heavy (non-hydrogen) atoms. The average molecular weight is 392 g/mol. The number of nitrogens with zero attached hydrogens (tertiary/aromatic N) is 1. The van der Waals surface area contributed by atoms with E-state index in [0.29, 0.717) is 29.2 Å². The summed E-state index contributed by atoms with van der Waals surface area (Å²) in [6.07, 6.45) is 3.64. The molecule has 0 unspecified atom stereocenters. The molecule has 2 aliphatic carbocycles. The van der Waals surface area contributed by atoms with E-state index < -0.39 is 0 Å². The number of non-ortho nitro benzene ring substituents is 1. The second kappa shape index (κ2) is 6.58. The highest BCUT2D eigenvalue weighted by molar-refractivity contribution is 5.89. The first-order valence-corrected chi connectivity index (χ1v) is 10.2. The number of methoxy groups -OCH3 is 1. The van der Waals surface area contributed by atoms with Crippen molar-refractivity contribution in [2.75, 3.05) is 12.4 Å². The number of rotatable bonds is 3. The van der Waals surface area contributed by atoms with Crippen molar-refractivity contribution in [1.29, 1.82) is 0 Å². The number of ether oxygens (including phenoxy) is 1. The molecule has 6 nitrogen and oxygen atoms in total. The van der Waals surface area contributed by atoms with Crippen LogP contribution in [0.4, 0.5) is 11.4 Å². The molecule has 150 valence electrons. The summed E-state index contributed by atoms with van der Waals surface area (Å²) in [5.74, 6) is 1.68. The Balaban J connectivity index is 1.59. The number of benzene rings is 2. The predicted molar refractivity (Wildman–Crippen MR) is 109 cm³/mol. The molecule has 2 saturated carbocycles. The molecule has 1 aliphatic heterocycles. The smallest absolute Gasteiger partial charge is 0.337 e. The van der Waals surface area contributed by atoms with Crippen molar-refractivity contribution >= 4 is 17.3 Å². The molecular formula is C23H24N2O4. The van der Waals surface area contributed by atoms with E-state index in [0.717, 1.165) is 22.4 Å². The molecule has 2 aromatic rings. The summed E-state index contributed by atoms with van der Waals surface area (Å²) in [5, 5.41) is 15.2. The lowest BCUT2D eigenvalue weighted by Crippen LogP contribution is -2.35. The minimum atomic E-state index is -0.334. The van der Waals surface area contributed by atoms with Crippen LogP contribution < -0.4 is 5.32 Å². The van der Waals surface area contributed by atoms with Crippen LogP contribution >= 0.6 is 0 Å². The first-order chi connectivity index (χ1) is 14.0. The van der Waals surface area contributed by atoms with E-state index in [9.17, 15) is 14.9 Å². The zero-order valence-corrected chi connectivity index (χ0v) is 16.6. The highest BCUT2D eigenvalue weighted by atomic mass is 16.6. The second-order valence-corrected chi connectivity index (χ2v) is 8.66. The molecule has 3 aliphatic rings. The fourth-order valence-electron chi connectivity index (χ4n) is 6.14. The Morgan fingerprint density at radius 1 is 1.17 bits per heavy atom. The molecule has 2 aromatic carbocycles. The van der Waals surface area contributed by atoms with E-state index in [2.05, 4.69) is 5.32 Å². The molecule has 0 radical (unpaired) electrons. The van der Waals surface area contributed by atoms with E-state index in [1.165, 1.54) is 26.4 Å². The number of hydrogen-bond donors (Lipinski definition) is 1. The standard InChI is InChI=1S/C23H24N2O4/c1-12-9-17(25(27)28)11-18-19-15-7-8-16(10-15)20(19)22(24-21(12)18)13-3-5-14(6-4-13)23(26)29-2/h3-6,9,11,15-16,19-20,22,24H,7-8,10H2,1-2H3/t15-,16-,19-,20+,22-/m0/s1. The number of nitrogens with one attached hydrogen (secondary N) is 1. The van der Waals surface area contributed by atoms with Gasteiger partial charge in [-0.05, 0) is 78.7 Å². The molecule has 1 heterocycles. The number of carbonyl (C=O) groups excluding carboxylic acids is 1. The zero-order chi connectivity index (χ0) is 20.3. The number of fused-ring (bicyclic) bond motifs is 7. The molecule has 5 rings (SSSR count). The van der Waals surface area contributed by atoms with E-state index in [4.69, 9.17) is 4.74 Å². The fraction of sp³-hybridized carbons (Fsp3) is 0.435. The lowest BCUT2D eigenvalue weighted by atomic mass is 9.67. The van der Waals surface area contributed by atoms with Crippen molar-refractivity contribution in [3.63, 3.8) is 0 Å². The van der Waals surface area contributed by atoms with E-state index >= 15 is 0 Å². The van der Waals surface area contributed by atoms with Crippen LogP contribution in [0.1, 0.15) is 58.3 Å².